The highest BCUT2D eigenvalue weighted by atomic mass is 32.2. The molecule has 1 N–H and O–H groups in total. The van der Waals surface area contributed by atoms with E-state index in [-0.39, 0.29) is 5.75 Å². The van der Waals surface area contributed by atoms with Crippen molar-refractivity contribution in [3.63, 3.8) is 0 Å². The lowest BCUT2D eigenvalue weighted by molar-refractivity contribution is -0.142. The van der Waals surface area contributed by atoms with Crippen molar-refractivity contribution >= 4 is 16.0 Å². The minimum Gasteiger partial charge on any atom is -0.481 e. The zero-order valence-electron chi connectivity index (χ0n) is 11.7. The number of carbonyl (C=O) groups is 1. The standard InChI is InChI=1S/C13H23NO5S/c15-13(16)12-1-6-14(7-2-12)20(17,18)10-5-11-3-8-19-9-4-11/h11-12H,1-10H2,(H,15,16). The number of sulfonamides is 1. The van der Waals surface area contributed by atoms with Crippen LogP contribution in [0.5, 0.6) is 0 Å². The third kappa shape index (κ3) is 4.17. The van der Waals surface area contributed by atoms with Crippen molar-refractivity contribution in [2.75, 3.05) is 32.1 Å². The van der Waals surface area contributed by atoms with Gasteiger partial charge in [0.2, 0.25) is 10.0 Å². The third-order valence-electron chi connectivity index (χ3n) is 4.32. The summed E-state index contributed by atoms with van der Waals surface area (Å²) in [7, 11) is -3.23. The SMILES string of the molecule is O=C(O)C1CCN(S(=O)(=O)CCC2CCOCC2)CC1. The van der Waals surface area contributed by atoms with Gasteiger partial charge >= 0.3 is 5.97 Å². The van der Waals surface area contributed by atoms with Crippen molar-refractivity contribution in [3.05, 3.63) is 0 Å². The minimum absolute atomic E-state index is 0.176. The number of carboxylic acid groups (broad SMARTS) is 1. The fourth-order valence-electron chi connectivity index (χ4n) is 2.86. The van der Waals surface area contributed by atoms with Gasteiger partial charge in [0.25, 0.3) is 0 Å². The van der Waals surface area contributed by atoms with Gasteiger partial charge in [0.05, 0.1) is 11.7 Å². The molecule has 2 aliphatic rings. The molecule has 2 fully saturated rings. The molecule has 2 heterocycles. The fraction of sp³-hybridized carbons (Fsp3) is 0.923. The minimum atomic E-state index is -3.23. The van der Waals surface area contributed by atoms with E-state index in [1.54, 1.807) is 0 Å². The summed E-state index contributed by atoms with van der Waals surface area (Å²) >= 11 is 0. The zero-order valence-corrected chi connectivity index (χ0v) is 12.5. The van der Waals surface area contributed by atoms with Crippen LogP contribution in [-0.4, -0.2) is 55.9 Å². The summed E-state index contributed by atoms with van der Waals surface area (Å²) in [5.74, 6) is -0.591. The molecule has 0 atom stereocenters. The molecule has 0 unspecified atom stereocenters. The number of ether oxygens (including phenoxy) is 1. The van der Waals surface area contributed by atoms with Crippen LogP contribution in [0, 0.1) is 11.8 Å². The third-order valence-corrected chi connectivity index (χ3v) is 6.23. The van der Waals surface area contributed by atoms with Crippen molar-refractivity contribution in [3.8, 4) is 0 Å². The van der Waals surface area contributed by atoms with Crippen LogP contribution in [0.25, 0.3) is 0 Å². The quantitative estimate of drug-likeness (QED) is 0.817. The first kappa shape index (κ1) is 15.7. The molecular formula is C13H23NO5S. The molecule has 0 radical (unpaired) electrons. The van der Waals surface area contributed by atoms with Gasteiger partial charge in [-0.3, -0.25) is 4.79 Å². The molecule has 2 aliphatic heterocycles. The topological polar surface area (TPSA) is 83.9 Å². The Kier molecular flexibility index (Phi) is 5.40. The Morgan fingerprint density at radius 2 is 1.75 bits per heavy atom. The summed E-state index contributed by atoms with van der Waals surface area (Å²) in [4.78, 5) is 10.9. The van der Waals surface area contributed by atoms with Crippen molar-refractivity contribution in [2.24, 2.45) is 11.8 Å². The number of hydrogen-bond donors (Lipinski definition) is 1. The van der Waals surface area contributed by atoms with Crippen molar-refractivity contribution in [1.29, 1.82) is 0 Å². The Labute approximate surface area is 120 Å². The second kappa shape index (κ2) is 6.87. The van der Waals surface area contributed by atoms with Gasteiger partial charge in [-0.1, -0.05) is 0 Å². The maximum atomic E-state index is 12.3. The highest BCUT2D eigenvalue weighted by molar-refractivity contribution is 7.89. The van der Waals surface area contributed by atoms with Gasteiger partial charge in [-0.25, -0.2) is 12.7 Å². The Balaban J connectivity index is 1.80. The van der Waals surface area contributed by atoms with Crippen LogP contribution in [-0.2, 0) is 19.6 Å². The lowest BCUT2D eigenvalue weighted by Crippen LogP contribution is -2.41. The zero-order chi connectivity index (χ0) is 14.6. The lowest BCUT2D eigenvalue weighted by atomic mass is 9.98. The van der Waals surface area contributed by atoms with Crippen LogP contribution >= 0.6 is 0 Å². The molecule has 0 spiro atoms. The molecule has 2 rings (SSSR count). The number of piperidine rings is 1. The average Bonchev–Trinajstić information content (AvgIpc) is 2.46. The second-order valence-electron chi connectivity index (χ2n) is 5.67. The van der Waals surface area contributed by atoms with Crippen molar-refractivity contribution in [1.82, 2.24) is 4.31 Å². The molecule has 0 aromatic carbocycles. The van der Waals surface area contributed by atoms with E-state index in [0.717, 1.165) is 26.1 Å². The van der Waals surface area contributed by atoms with Crippen molar-refractivity contribution < 1.29 is 23.1 Å². The predicted molar refractivity (Wildman–Crippen MR) is 73.9 cm³/mol. The number of aliphatic carboxylic acids is 1. The van der Waals surface area contributed by atoms with E-state index >= 15 is 0 Å². The van der Waals surface area contributed by atoms with E-state index in [0.29, 0.717) is 38.3 Å². The van der Waals surface area contributed by atoms with E-state index in [1.165, 1.54) is 4.31 Å². The first-order valence-electron chi connectivity index (χ1n) is 7.27. The molecule has 0 bridgehead atoms. The van der Waals surface area contributed by atoms with E-state index in [4.69, 9.17) is 9.84 Å². The average molecular weight is 305 g/mol. The molecule has 6 nitrogen and oxygen atoms in total. The number of nitrogens with zero attached hydrogens (tertiary/aromatic N) is 1. The summed E-state index contributed by atoms with van der Waals surface area (Å²) in [5, 5.41) is 8.92. The Bertz CT molecular complexity index is 422. The molecule has 0 aliphatic carbocycles. The van der Waals surface area contributed by atoms with Crippen LogP contribution in [0.1, 0.15) is 32.1 Å². The first-order chi connectivity index (χ1) is 9.49. The summed E-state index contributed by atoms with van der Waals surface area (Å²) in [5.41, 5.74) is 0. The Morgan fingerprint density at radius 3 is 2.30 bits per heavy atom. The summed E-state index contributed by atoms with van der Waals surface area (Å²) in [6, 6.07) is 0. The number of hydrogen-bond acceptors (Lipinski definition) is 4. The monoisotopic (exact) mass is 305 g/mol. The molecule has 7 heteroatoms. The molecule has 2 saturated heterocycles. The maximum absolute atomic E-state index is 12.3. The highest BCUT2D eigenvalue weighted by Gasteiger charge is 2.31. The van der Waals surface area contributed by atoms with Crippen LogP contribution in [0.2, 0.25) is 0 Å². The lowest BCUT2D eigenvalue weighted by Gasteiger charge is -2.30. The summed E-state index contributed by atoms with van der Waals surface area (Å²) in [6.45, 7) is 2.14. The molecule has 0 saturated carbocycles. The van der Waals surface area contributed by atoms with Gasteiger partial charge < -0.3 is 9.84 Å². The number of rotatable bonds is 5. The second-order valence-corrected chi connectivity index (χ2v) is 7.76. The smallest absolute Gasteiger partial charge is 0.306 e. The summed E-state index contributed by atoms with van der Waals surface area (Å²) in [6.07, 6.45) is 3.41. The molecule has 0 aromatic heterocycles. The van der Waals surface area contributed by atoms with Crippen LogP contribution in [0.3, 0.4) is 0 Å². The highest BCUT2D eigenvalue weighted by Crippen LogP contribution is 2.23. The normalized spacial score (nSPS) is 23.8. The van der Waals surface area contributed by atoms with E-state index < -0.39 is 21.9 Å². The van der Waals surface area contributed by atoms with Crippen molar-refractivity contribution in [2.45, 2.75) is 32.1 Å². The van der Waals surface area contributed by atoms with Crippen LogP contribution in [0.15, 0.2) is 0 Å². The van der Waals surface area contributed by atoms with Gasteiger partial charge in [0, 0.05) is 26.3 Å². The summed E-state index contributed by atoms with van der Waals surface area (Å²) < 4.78 is 31.2. The number of carboxylic acids is 1. The Hall–Kier alpha value is -0.660. The van der Waals surface area contributed by atoms with Gasteiger partial charge in [0.1, 0.15) is 0 Å². The van der Waals surface area contributed by atoms with Gasteiger partial charge in [-0.2, -0.15) is 0 Å². The van der Waals surface area contributed by atoms with E-state index in [9.17, 15) is 13.2 Å². The molecule has 0 aromatic rings. The predicted octanol–water partition coefficient (Wildman–Crippen LogP) is 0.929. The van der Waals surface area contributed by atoms with Gasteiger partial charge in [-0.15, -0.1) is 0 Å². The van der Waals surface area contributed by atoms with Crippen LogP contribution in [0.4, 0.5) is 0 Å². The maximum Gasteiger partial charge on any atom is 0.306 e. The first-order valence-corrected chi connectivity index (χ1v) is 8.88. The van der Waals surface area contributed by atoms with Crippen LogP contribution < -0.4 is 0 Å². The molecule has 0 amide bonds. The Morgan fingerprint density at radius 1 is 1.15 bits per heavy atom. The largest absolute Gasteiger partial charge is 0.481 e. The van der Waals surface area contributed by atoms with Gasteiger partial charge in [-0.05, 0) is 38.0 Å². The molecule has 20 heavy (non-hydrogen) atoms. The van der Waals surface area contributed by atoms with E-state index in [1.807, 2.05) is 0 Å². The fourth-order valence-corrected chi connectivity index (χ4v) is 4.52. The van der Waals surface area contributed by atoms with Gasteiger partial charge in [0.15, 0.2) is 0 Å². The molecular weight excluding hydrogens is 282 g/mol. The van der Waals surface area contributed by atoms with E-state index in [2.05, 4.69) is 0 Å². The molecule has 116 valence electrons.